The molecule has 0 aliphatic rings. The zero-order valence-electron chi connectivity index (χ0n) is 16.3. The molecule has 0 fully saturated rings. The van der Waals surface area contributed by atoms with Crippen LogP contribution in [0, 0.1) is 13.8 Å². The summed E-state index contributed by atoms with van der Waals surface area (Å²) in [6, 6.07) is 23.2. The van der Waals surface area contributed by atoms with E-state index in [0.29, 0.717) is 31.1 Å². The predicted octanol–water partition coefficient (Wildman–Crippen LogP) is 4.69. The molecule has 4 heteroatoms. The second kappa shape index (κ2) is 9.60. The van der Waals surface area contributed by atoms with Crippen LogP contribution in [-0.4, -0.2) is 19.1 Å². The summed E-state index contributed by atoms with van der Waals surface area (Å²) >= 11 is 0. The molecule has 0 saturated heterocycles. The molecule has 28 heavy (non-hydrogen) atoms. The van der Waals surface area contributed by atoms with E-state index in [4.69, 9.17) is 9.47 Å². The van der Waals surface area contributed by atoms with Gasteiger partial charge in [-0.15, -0.1) is 0 Å². The summed E-state index contributed by atoms with van der Waals surface area (Å²) in [7, 11) is 0. The standard InChI is InChI=1S/C24H25NO3/c1-18-14-19(2)16-21(15-18)27-13-12-25-24(26)22-10-6-7-11-23(22)28-17-20-8-4-3-5-9-20/h3-11,14-16H,12-13,17H2,1-2H3,(H,25,26). The van der Waals surface area contributed by atoms with Crippen LogP contribution in [0.25, 0.3) is 0 Å². The molecule has 0 atom stereocenters. The lowest BCUT2D eigenvalue weighted by Gasteiger charge is -2.12. The Morgan fingerprint density at radius 3 is 2.29 bits per heavy atom. The largest absolute Gasteiger partial charge is 0.492 e. The van der Waals surface area contributed by atoms with Gasteiger partial charge in [0.25, 0.3) is 5.91 Å². The molecule has 0 spiro atoms. The van der Waals surface area contributed by atoms with Crippen molar-refractivity contribution < 1.29 is 14.3 Å². The van der Waals surface area contributed by atoms with Crippen LogP contribution in [0.2, 0.25) is 0 Å². The Morgan fingerprint density at radius 1 is 0.857 bits per heavy atom. The minimum atomic E-state index is -0.173. The smallest absolute Gasteiger partial charge is 0.255 e. The first-order valence-electron chi connectivity index (χ1n) is 9.37. The number of benzene rings is 3. The molecule has 0 bridgehead atoms. The molecule has 3 rings (SSSR count). The molecule has 3 aromatic rings. The third-order valence-corrected chi connectivity index (χ3v) is 4.22. The Kier molecular flexibility index (Phi) is 6.68. The number of carbonyl (C=O) groups is 1. The summed E-state index contributed by atoms with van der Waals surface area (Å²) in [4.78, 5) is 12.5. The summed E-state index contributed by atoms with van der Waals surface area (Å²) < 4.78 is 11.6. The normalized spacial score (nSPS) is 10.4. The third kappa shape index (κ3) is 5.61. The molecule has 1 amide bonds. The fraction of sp³-hybridized carbons (Fsp3) is 0.208. The van der Waals surface area contributed by atoms with E-state index < -0.39 is 0 Å². The first kappa shape index (κ1) is 19.5. The first-order chi connectivity index (χ1) is 13.6. The summed E-state index contributed by atoms with van der Waals surface area (Å²) in [5.74, 6) is 1.21. The van der Waals surface area contributed by atoms with Crippen LogP contribution in [0.5, 0.6) is 11.5 Å². The zero-order chi connectivity index (χ0) is 19.8. The number of rotatable bonds is 8. The third-order valence-electron chi connectivity index (χ3n) is 4.22. The molecule has 0 saturated carbocycles. The van der Waals surface area contributed by atoms with Crippen LogP contribution in [-0.2, 0) is 6.61 Å². The maximum atomic E-state index is 12.5. The fourth-order valence-electron chi connectivity index (χ4n) is 2.96. The van der Waals surface area contributed by atoms with Crippen molar-refractivity contribution in [3.05, 3.63) is 95.1 Å². The molecular formula is C24H25NO3. The number of nitrogens with one attached hydrogen (secondary N) is 1. The van der Waals surface area contributed by atoms with Gasteiger partial charge >= 0.3 is 0 Å². The second-order valence-corrected chi connectivity index (χ2v) is 6.70. The number of para-hydroxylation sites is 1. The molecular weight excluding hydrogens is 350 g/mol. The van der Waals surface area contributed by atoms with Crippen molar-refractivity contribution in [2.75, 3.05) is 13.2 Å². The van der Waals surface area contributed by atoms with Crippen LogP contribution < -0.4 is 14.8 Å². The average molecular weight is 375 g/mol. The number of ether oxygens (including phenoxy) is 2. The number of hydrogen-bond donors (Lipinski definition) is 1. The van der Waals surface area contributed by atoms with Gasteiger partial charge in [-0.1, -0.05) is 48.5 Å². The highest BCUT2D eigenvalue weighted by Gasteiger charge is 2.12. The predicted molar refractivity (Wildman–Crippen MR) is 111 cm³/mol. The fourth-order valence-corrected chi connectivity index (χ4v) is 2.96. The Labute approximate surface area is 166 Å². The Bertz CT molecular complexity index is 902. The van der Waals surface area contributed by atoms with Gasteiger partial charge in [-0.25, -0.2) is 0 Å². The molecule has 4 nitrogen and oxygen atoms in total. The van der Waals surface area contributed by atoms with Gasteiger partial charge in [-0.05, 0) is 54.8 Å². The van der Waals surface area contributed by atoms with Crippen LogP contribution in [0.1, 0.15) is 27.0 Å². The van der Waals surface area contributed by atoms with Crippen LogP contribution in [0.4, 0.5) is 0 Å². The van der Waals surface area contributed by atoms with Crippen molar-refractivity contribution in [2.45, 2.75) is 20.5 Å². The van der Waals surface area contributed by atoms with Crippen molar-refractivity contribution in [3.63, 3.8) is 0 Å². The average Bonchev–Trinajstić information content (AvgIpc) is 2.70. The second-order valence-electron chi connectivity index (χ2n) is 6.70. The Balaban J connectivity index is 1.52. The quantitative estimate of drug-likeness (QED) is 0.581. The Hall–Kier alpha value is -3.27. The monoisotopic (exact) mass is 375 g/mol. The van der Waals surface area contributed by atoms with Gasteiger partial charge in [0.15, 0.2) is 0 Å². The highest BCUT2D eigenvalue weighted by Crippen LogP contribution is 2.19. The van der Waals surface area contributed by atoms with E-state index in [-0.39, 0.29) is 5.91 Å². The number of hydrogen-bond acceptors (Lipinski definition) is 3. The van der Waals surface area contributed by atoms with Crippen molar-refractivity contribution in [2.24, 2.45) is 0 Å². The van der Waals surface area contributed by atoms with E-state index in [1.807, 2.05) is 74.5 Å². The molecule has 0 aromatic heterocycles. The lowest BCUT2D eigenvalue weighted by atomic mass is 10.1. The van der Waals surface area contributed by atoms with Gasteiger partial charge in [0, 0.05) is 0 Å². The van der Waals surface area contributed by atoms with Crippen molar-refractivity contribution in [3.8, 4) is 11.5 Å². The molecule has 3 aromatic carbocycles. The molecule has 0 aliphatic heterocycles. The molecule has 1 N–H and O–H groups in total. The van der Waals surface area contributed by atoms with Gasteiger partial charge in [-0.2, -0.15) is 0 Å². The van der Waals surface area contributed by atoms with Gasteiger partial charge in [0.2, 0.25) is 0 Å². The van der Waals surface area contributed by atoms with E-state index >= 15 is 0 Å². The van der Waals surface area contributed by atoms with Gasteiger partial charge in [0.1, 0.15) is 24.7 Å². The van der Waals surface area contributed by atoms with Crippen LogP contribution >= 0.6 is 0 Å². The van der Waals surface area contributed by atoms with E-state index in [9.17, 15) is 4.79 Å². The van der Waals surface area contributed by atoms with Crippen LogP contribution in [0.15, 0.2) is 72.8 Å². The van der Waals surface area contributed by atoms with Gasteiger partial charge in [0.05, 0.1) is 12.1 Å². The highest BCUT2D eigenvalue weighted by molar-refractivity contribution is 5.96. The highest BCUT2D eigenvalue weighted by atomic mass is 16.5. The molecule has 0 radical (unpaired) electrons. The first-order valence-corrected chi connectivity index (χ1v) is 9.37. The maximum absolute atomic E-state index is 12.5. The summed E-state index contributed by atoms with van der Waals surface area (Å²) in [6.45, 7) is 5.31. The summed E-state index contributed by atoms with van der Waals surface area (Å²) in [6.07, 6.45) is 0. The minimum absolute atomic E-state index is 0.173. The number of aryl methyl sites for hydroxylation is 2. The van der Waals surface area contributed by atoms with E-state index in [1.165, 1.54) is 0 Å². The van der Waals surface area contributed by atoms with Crippen molar-refractivity contribution in [1.29, 1.82) is 0 Å². The number of carbonyl (C=O) groups excluding carboxylic acids is 1. The van der Waals surface area contributed by atoms with Crippen molar-refractivity contribution >= 4 is 5.91 Å². The summed E-state index contributed by atoms with van der Waals surface area (Å²) in [5, 5.41) is 2.89. The molecule has 0 unspecified atom stereocenters. The van der Waals surface area contributed by atoms with Crippen LogP contribution in [0.3, 0.4) is 0 Å². The topological polar surface area (TPSA) is 47.6 Å². The molecule has 144 valence electrons. The van der Waals surface area contributed by atoms with E-state index in [1.54, 1.807) is 6.07 Å². The number of amides is 1. The molecule has 0 aliphatic carbocycles. The minimum Gasteiger partial charge on any atom is -0.492 e. The van der Waals surface area contributed by atoms with Gasteiger partial charge in [-0.3, -0.25) is 4.79 Å². The van der Waals surface area contributed by atoms with E-state index in [2.05, 4.69) is 11.4 Å². The lowest BCUT2D eigenvalue weighted by molar-refractivity contribution is 0.0942. The van der Waals surface area contributed by atoms with Crippen molar-refractivity contribution in [1.82, 2.24) is 5.32 Å². The summed E-state index contributed by atoms with van der Waals surface area (Å²) in [5.41, 5.74) is 3.89. The maximum Gasteiger partial charge on any atom is 0.255 e. The van der Waals surface area contributed by atoms with Gasteiger partial charge < -0.3 is 14.8 Å². The van der Waals surface area contributed by atoms with E-state index in [0.717, 1.165) is 22.4 Å². The zero-order valence-corrected chi connectivity index (χ0v) is 16.3. The molecule has 0 heterocycles. The lowest BCUT2D eigenvalue weighted by Crippen LogP contribution is -2.28. The SMILES string of the molecule is Cc1cc(C)cc(OCCNC(=O)c2ccccc2OCc2ccccc2)c1. The Morgan fingerprint density at radius 2 is 1.54 bits per heavy atom.